The molecule has 0 radical (unpaired) electrons. The normalized spacial score (nSPS) is 12.0. The molecule has 0 aliphatic heterocycles. The van der Waals surface area contributed by atoms with Crippen molar-refractivity contribution in [1.82, 2.24) is 0 Å². The van der Waals surface area contributed by atoms with Gasteiger partial charge in [0.25, 0.3) is 0 Å². The number of nitrogens with one attached hydrogen (secondary N) is 1. The maximum Gasteiger partial charge on any atom is 0.142 e. The Morgan fingerprint density at radius 2 is 1.59 bits per heavy atom. The molecular weight excluding hydrogens is 274 g/mol. The number of para-hydroxylation sites is 2. The van der Waals surface area contributed by atoms with E-state index in [1.165, 1.54) is 5.56 Å². The fourth-order valence-corrected chi connectivity index (χ4v) is 2.11. The molecule has 1 unspecified atom stereocenters. The second kappa shape index (κ2) is 7.74. The predicted octanol–water partition coefficient (Wildman–Crippen LogP) is 4.66. The third kappa shape index (κ3) is 4.99. The van der Waals surface area contributed by atoms with Crippen LogP contribution in [0.15, 0.2) is 48.5 Å². The summed E-state index contributed by atoms with van der Waals surface area (Å²) >= 11 is 0. The summed E-state index contributed by atoms with van der Waals surface area (Å²) in [6, 6.07) is 16.1. The number of benzene rings is 2. The molecule has 0 saturated carbocycles. The van der Waals surface area contributed by atoms with Gasteiger partial charge in [0, 0.05) is 0 Å². The van der Waals surface area contributed by atoms with Gasteiger partial charge in [-0.25, -0.2) is 0 Å². The van der Waals surface area contributed by atoms with E-state index in [4.69, 9.17) is 9.47 Å². The third-order valence-corrected chi connectivity index (χ3v) is 3.19. The Morgan fingerprint density at radius 3 is 2.27 bits per heavy atom. The molecule has 2 rings (SSSR count). The second-order valence-corrected chi connectivity index (χ2v) is 5.79. The third-order valence-electron chi connectivity index (χ3n) is 3.19. The van der Waals surface area contributed by atoms with Gasteiger partial charge in [-0.3, -0.25) is 0 Å². The average Bonchev–Trinajstić information content (AvgIpc) is 2.48. The first-order valence-electron chi connectivity index (χ1n) is 7.77. The van der Waals surface area contributed by atoms with Crippen molar-refractivity contribution in [2.45, 2.75) is 39.9 Å². The summed E-state index contributed by atoms with van der Waals surface area (Å²) in [5.41, 5.74) is 2.23. The van der Waals surface area contributed by atoms with E-state index < -0.39 is 0 Å². The van der Waals surface area contributed by atoms with Gasteiger partial charge >= 0.3 is 0 Å². The summed E-state index contributed by atoms with van der Waals surface area (Å²) in [6.07, 6.45) is 0.221. The zero-order valence-electron chi connectivity index (χ0n) is 13.8. The van der Waals surface area contributed by atoms with Crippen LogP contribution < -0.4 is 14.8 Å². The average molecular weight is 299 g/mol. The summed E-state index contributed by atoms with van der Waals surface area (Å²) in [7, 11) is 0. The van der Waals surface area contributed by atoms with Crippen LogP contribution in [0.3, 0.4) is 0 Å². The van der Waals surface area contributed by atoms with Crippen molar-refractivity contribution >= 4 is 5.69 Å². The Labute approximate surface area is 133 Å². The molecule has 0 spiro atoms. The van der Waals surface area contributed by atoms with E-state index in [9.17, 15) is 0 Å². The molecule has 0 saturated heterocycles. The standard InChI is InChI=1S/C19H25NO2/c1-14(2)21-19-8-6-5-7-18(19)20-13-16(4)22-17-11-9-15(3)10-12-17/h5-12,14,16,20H,13H2,1-4H3. The first-order chi connectivity index (χ1) is 10.5. The van der Waals surface area contributed by atoms with Crippen LogP contribution in [0.25, 0.3) is 0 Å². The van der Waals surface area contributed by atoms with Crippen LogP contribution in [-0.2, 0) is 0 Å². The van der Waals surface area contributed by atoms with Gasteiger partial charge in [0.2, 0.25) is 0 Å². The summed E-state index contributed by atoms with van der Waals surface area (Å²) in [5, 5.41) is 3.40. The molecule has 3 heteroatoms. The minimum absolute atomic E-state index is 0.0646. The lowest BCUT2D eigenvalue weighted by atomic mass is 10.2. The van der Waals surface area contributed by atoms with Gasteiger partial charge in [0.15, 0.2) is 0 Å². The van der Waals surface area contributed by atoms with Crippen molar-refractivity contribution in [3.63, 3.8) is 0 Å². The molecule has 0 amide bonds. The Bertz CT molecular complexity index is 578. The molecule has 1 atom stereocenters. The molecule has 2 aromatic rings. The van der Waals surface area contributed by atoms with Crippen molar-refractivity contribution in [2.75, 3.05) is 11.9 Å². The molecule has 2 aromatic carbocycles. The van der Waals surface area contributed by atoms with Crippen molar-refractivity contribution in [3.05, 3.63) is 54.1 Å². The van der Waals surface area contributed by atoms with Gasteiger partial charge in [-0.1, -0.05) is 29.8 Å². The molecule has 0 bridgehead atoms. The van der Waals surface area contributed by atoms with E-state index >= 15 is 0 Å². The van der Waals surface area contributed by atoms with Crippen molar-refractivity contribution < 1.29 is 9.47 Å². The van der Waals surface area contributed by atoms with E-state index in [2.05, 4.69) is 31.3 Å². The highest BCUT2D eigenvalue weighted by molar-refractivity contribution is 5.56. The van der Waals surface area contributed by atoms with Crippen LogP contribution >= 0.6 is 0 Å². The zero-order valence-corrected chi connectivity index (χ0v) is 13.8. The van der Waals surface area contributed by atoms with Crippen LogP contribution in [0.5, 0.6) is 11.5 Å². The van der Waals surface area contributed by atoms with Gasteiger partial charge in [0.1, 0.15) is 17.6 Å². The minimum Gasteiger partial charge on any atom is -0.489 e. The number of aryl methyl sites for hydroxylation is 1. The van der Waals surface area contributed by atoms with Crippen molar-refractivity contribution in [3.8, 4) is 11.5 Å². The second-order valence-electron chi connectivity index (χ2n) is 5.79. The van der Waals surface area contributed by atoms with E-state index in [1.54, 1.807) is 0 Å². The van der Waals surface area contributed by atoms with E-state index in [0.717, 1.165) is 17.2 Å². The fraction of sp³-hybridized carbons (Fsp3) is 0.368. The number of rotatable bonds is 7. The molecule has 22 heavy (non-hydrogen) atoms. The first kappa shape index (κ1) is 16.2. The van der Waals surface area contributed by atoms with Gasteiger partial charge < -0.3 is 14.8 Å². The molecule has 0 aliphatic carbocycles. The molecule has 1 N–H and O–H groups in total. The highest BCUT2D eigenvalue weighted by atomic mass is 16.5. The monoisotopic (exact) mass is 299 g/mol. The van der Waals surface area contributed by atoms with Crippen molar-refractivity contribution in [2.24, 2.45) is 0 Å². The Morgan fingerprint density at radius 1 is 0.909 bits per heavy atom. The van der Waals surface area contributed by atoms with Crippen molar-refractivity contribution in [1.29, 1.82) is 0 Å². The number of ether oxygens (including phenoxy) is 2. The van der Waals surface area contributed by atoms with Gasteiger partial charge in [-0.2, -0.15) is 0 Å². The Balaban J connectivity index is 1.90. The highest BCUT2D eigenvalue weighted by Gasteiger charge is 2.08. The SMILES string of the molecule is Cc1ccc(OC(C)CNc2ccccc2OC(C)C)cc1. The molecule has 118 valence electrons. The zero-order chi connectivity index (χ0) is 15.9. The minimum atomic E-state index is 0.0646. The molecule has 0 fully saturated rings. The van der Waals surface area contributed by atoms with Crippen LogP contribution in [0, 0.1) is 6.92 Å². The van der Waals surface area contributed by atoms with Crippen LogP contribution in [0.1, 0.15) is 26.3 Å². The largest absolute Gasteiger partial charge is 0.489 e. The lowest BCUT2D eigenvalue weighted by Crippen LogP contribution is -2.23. The Kier molecular flexibility index (Phi) is 5.70. The fourth-order valence-electron chi connectivity index (χ4n) is 2.11. The molecule has 0 aliphatic rings. The summed E-state index contributed by atoms with van der Waals surface area (Å²) in [5.74, 6) is 1.77. The summed E-state index contributed by atoms with van der Waals surface area (Å²) < 4.78 is 11.7. The molecular formula is C19H25NO2. The predicted molar refractivity (Wildman–Crippen MR) is 92.0 cm³/mol. The van der Waals surface area contributed by atoms with E-state index in [0.29, 0.717) is 6.54 Å². The van der Waals surface area contributed by atoms with Gasteiger partial charge in [-0.05, 0) is 52.0 Å². The van der Waals surface area contributed by atoms with Crippen LogP contribution in [-0.4, -0.2) is 18.8 Å². The topological polar surface area (TPSA) is 30.5 Å². The van der Waals surface area contributed by atoms with E-state index in [1.807, 2.05) is 50.2 Å². The first-order valence-corrected chi connectivity index (χ1v) is 7.77. The lowest BCUT2D eigenvalue weighted by molar-refractivity contribution is 0.232. The smallest absolute Gasteiger partial charge is 0.142 e. The molecule has 0 aromatic heterocycles. The summed E-state index contributed by atoms with van der Waals surface area (Å²) in [4.78, 5) is 0. The molecule has 0 heterocycles. The number of hydrogen-bond acceptors (Lipinski definition) is 3. The number of anilines is 1. The van der Waals surface area contributed by atoms with Gasteiger partial charge in [-0.15, -0.1) is 0 Å². The lowest BCUT2D eigenvalue weighted by Gasteiger charge is -2.19. The molecule has 3 nitrogen and oxygen atoms in total. The van der Waals surface area contributed by atoms with Gasteiger partial charge in [0.05, 0.1) is 18.3 Å². The Hall–Kier alpha value is -2.16. The van der Waals surface area contributed by atoms with Crippen LogP contribution in [0.4, 0.5) is 5.69 Å². The maximum absolute atomic E-state index is 5.91. The quantitative estimate of drug-likeness (QED) is 0.806. The highest BCUT2D eigenvalue weighted by Crippen LogP contribution is 2.25. The van der Waals surface area contributed by atoms with Crippen LogP contribution in [0.2, 0.25) is 0 Å². The maximum atomic E-state index is 5.91. The number of hydrogen-bond donors (Lipinski definition) is 1. The van der Waals surface area contributed by atoms with E-state index in [-0.39, 0.29) is 12.2 Å². The summed E-state index contributed by atoms with van der Waals surface area (Å²) in [6.45, 7) is 8.89.